The van der Waals surface area contributed by atoms with Crippen LogP contribution in [0.2, 0.25) is 0 Å². The Hall–Kier alpha value is -4.30. The van der Waals surface area contributed by atoms with E-state index in [4.69, 9.17) is 9.47 Å². The SMILES string of the molecule is CCOc1ccc(CN(c2ccc3c(c2)ncn3-c2ccccc2OC)S(=O)(=O)c2ccc(C)cc2)cc1. The van der Waals surface area contributed by atoms with Crippen LogP contribution in [-0.4, -0.2) is 31.7 Å². The molecule has 0 atom stereocenters. The van der Waals surface area contributed by atoms with E-state index in [2.05, 4.69) is 4.98 Å². The lowest BCUT2D eigenvalue weighted by Crippen LogP contribution is -2.30. The van der Waals surface area contributed by atoms with E-state index >= 15 is 0 Å². The summed E-state index contributed by atoms with van der Waals surface area (Å²) in [6, 6.07) is 27.6. The van der Waals surface area contributed by atoms with Gasteiger partial charge in [0.15, 0.2) is 0 Å². The predicted molar refractivity (Wildman–Crippen MR) is 150 cm³/mol. The zero-order valence-corrected chi connectivity index (χ0v) is 22.4. The molecular formula is C30H29N3O4S. The van der Waals surface area contributed by atoms with E-state index < -0.39 is 10.0 Å². The van der Waals surface area contributed by atoms with E-state index in [9.17, 15) is 8.42 Å². The molecule has 0 radical (unpaired) electrons. The highest BCUT2D eigenvalue weighted by atomic mass is 32.2. The number of imidazole rings is 1. The number of hydrogen-bond donors (Lipinski definition) is 0. The molecule has 4 aromatic carbocycles. The Morgan fingerprint density at radius 1 is 0.921 bits per heavy atom. The molecule has 0 aliphatic rings. The van der Waals surface area contributed by atoms with Gasteiger partial charge in [0.25, 0.3) is 10.0 Å². The summed E-state index contributed by atoms with van der Waals surface area (Å²) >= 11 is 0. The fourth-order valence-electron chi connectivity index (χ4n) is 4.35. The van der Waals surface area contributed by atoms with Gasteiger partial charge >= 0.3 is 0 Å². The van der Waals surface area contributed by atoms with Gasteiger partial charge in [-0.3, -0.25) is 8.87 Å². The molecule has 1 heterocycles. The van der Waals surface area contributed by atoms with Gasteiger partial charge < -0.3 is 9.47 Å². The Kier molecular flexibility index (Phi) is 7.07. The molecule has 5 aromatic rings. The molecule has 38 heavy (non-hydrogen) atoms. The van der Waals surface area contributed by atoms with Gasteiger partial charge in [0.05, 0.1) is 47.6 Å². The van der Waals surface area contributed by atoms with E-state index in [1.807, 2.05) is 85.1 Å². The summed E-state index contributed by atoms with van der Waals surface area (Å²) in [6.07, 6.45) is 1.72. The molecule has 0 aliphatic carbocycles. The molecule has 1 aromatic heterocycles. The number of benzene rings is 4. The molecule has 0 spiro atoms. The van der Waals surface area contributed by atoms with Crippen molar-refractivity contribution in [2.75, 3.05) is 18.0 Å². The van der Waals surface area contributed by atoms with Crippen molar-refractivity contribution in [1.29, 1.82) is 0 Å². The van der Waals surface area contributed by atoms with Crippen LogP contribution in [0.3, 0.4) is 0 Å². The lowest BCUT2D eigenvalue weighted by Gasteiger charge is -2.25. The lowest BCUT2D eigenvalue weighted by atomic mass is 10.2. The van der Waals surface area contributed by atoms with Gasteiger partial charge in [-0.15, -0.1) is 0 Å². The van der Waals surface area contributed by atoms with Crippen LogP contribution in [0, 0.1) is 6.92 Å². The lowest BCUT2D eigenvalue weighted by molar-refractivity contribution is 0.340. The number of fused-ring (bicyclic) bond motifs is 1. The van der Waals surface area contributed by atoms with Crippen molar-refractivity contribution < 1.29 is 17.9 Å². The van der Waals surface area contributed by atoms with Crippen LogP contribution in [0.25, 0.3) is 16.7 Å². The summed E-state index contributed by atoms with van der Waals surface area (Å²) in [5.74, 6) is 1.46. The minimum absolute atomic E-state index is 0.154. The van der Waals surface area contributed by atoms with Crippen molar-refractivity contribution in [2.24, 2.45) is 0 Å². The Bertz CT molecular complexity index is 1660. The molecule has 0 bridgehead atoms. The zero-order valence-electron chi connectivity index (χ0n) is 21.5. The summed E-state index contributed by atoms with van der Waals surface area (Å²) < 4.78 is 42.3. The zero-order chi connectivity index (χ0) is 26.7. The Balaban J connectivity index is 1.58. The number of hydrogen-bond acceptors (Lipinski definition) is 5. The highest BCUT2D eigenvalue weighted by molar-refractivity contribution is 7.92. The smallest absolute Gasteiger partial charge is 0.264 e. The molecule has 7 nitrogen and oxygen atoms in total. The van der Waals surface area contributed by atoms with Crippen molar-refractivity contribution in [3.05, 3.63) is 108 Å². The van der Waals surface area contributed by atoms with Crippen molar-refractivity contribution in [1.82, 2.24) is 9.55 Å². The first-order valence-electron chi connectivity index (χ1n) is 12.3. The van der Waals surface area contributed by atoms with Gasteiger partial charge in [-0.1, -0.05) is 42.0 Å². The summed E-state index contributed by atoms with van der Waals surface area (Å²) in [4.78, 5) is 4.82. The molecular weight excluding hydrogens is 498 g/mol. The van der Waals surface area contributed by atoms with E-state index in [-0.39, 0.29) is 11.4 Å². The van der Waals surface area contributed by atoms with Crippen molar-refractivity contribution in [2.45, 2.75) is 25.3 Å². The van der Waals surface area contributed by atoms with Crippen LogP contribution >= 0.6 is 0 Å². The maximum absolute atomic E-state index is 13.9. The summed E-state index contributed by atoms with van der Waals surface area (Å²) in [7, 11) is -2.24. The van der Waals surface area contributed by atoms with Crippen LogP contribution in [0.15, 0.2) is 102 Å². The van der Waals surface area contributed by atoms with Crippen LogP contribution < -0.4 is 13.8 Å². The molecule has 0 saturated heterocycles. The monoisotopic (exact) mass is 527 g/mol. The Morgan fingerprint density at radius 3 is 2.37 bits per heavy atom. The average Bonchev–Trinajstić information content (AvgIpc) is 3.36. The van der Waals surface area contributed by atoms with Crippen molar-refractivity contribution >= 4 is 26.7 Å². The van der Waals surface area contributed by atoms with Crippen LogP contribution in [0.1, 0.15) is 18.1 Å². The molecule has 0 unspecified atom stereocenters. The van der Waals surface area contributed by atoms with Crippen LogP contribution in [0.5, 0.6) is 11.5 Å². The first kappa shape index (κ1) is 25.4. The number of aromatic nitrogens is 2. The second-order valence-corrected chi connectivity index (χ2v) is 10.7. The van der Waals surface area contributed by atoms with E-state index in [1.165, 1.54) is 4.31 Å². The van der Waals surface area contributed by atoms with Crippen LogP contribution in [-0.2, 0) is 16.6 Å². The first-order valence-corrected chi connectivity index (χ1v) is 13.8. The second kappa shape index (κ2) is 10.6. The third kappa shape index (κ3) is 4.95. The molecule has 0 N–H and O–H groups in total. The number of methoxy groups -OCH3 is 1. The maximum atomic E-state index is 13.9. The van der Waals surface area contributed by atoms with Crippen molar-refractivity contribution in [3.8, 4) is 17.2 Å². The van der Waals surface area contributed by atoms with E-state index in [0.717, 1.165) is 33.8 Å². The summed E-state index contributed by atoms with van der Waals surface area (Å²) in [6.45, 7) is 4.57. The largest absolute Gasteiger partial charge is 0.495 e. The van der Waals surface area contributed by atoms with Crippen molar-refractivity contribution in [3.63, 3.8) is 0 Å². The summed E-state index contributed by atoms with van der Waals surface area (Å²) in [5.41, 5.74) is 4.71. The van der Waals surface area contributed by atoms with Gasteiger partial charge in [0, 0.05) is 0 Å². The second-order valence-electron chi connectivity index (χ2n) is 8.86. The van der Waals surface area contributed by atoms with Gasteiger partial charge in [-0.2, -0.15) is 0 Å². The Morgan fingerprint density at radius 2 is 1.66 bits per heavy atom. The van der Waals surface area contributed by atoms with Gasteiger partial charge in [-0.25, -0.2) is 13.4 Å². The van der Waals surface area contributed by atoms with Crippen LogP contribution in [0.4, 0.5) is 5.69 Å². The number of ether oxygens (including phenoxy) is 2. The molecule has 0 aliphatic heterocycles. The number of para-hydroxylation sites is 2. The minimum Gasteiger partial charge on any atom is -0.495 e. The molecule has 0 fully saturated rings. The number of aryl methyl sites for hydroxylation is 1. The minimum atomic E-state index is -3.87. The highest BCUT2D eigenvalue weighted by Gasteiger charge is 2.26. The first-order chi connectivity index (χ1) is 18.4. The van der Waals surface area contributed by atoms with E-state index in [1.54, 1.807) is 37.7 Å². The average molecular weight is 528 g/mol. The third-order valence-electron chi connectivity index (χ3n) is 6.33. The molecule has 194 valence electrons. The molecule has 5 rings (SSSR count). The molecule has 0 saturated carbocycles. The van der Waals surface area contributed by atoms with Gasteiger partial charge in [0.1, 0.15) is 17.8 Å². The number of rotatable bonds is 9. The number of sulfonamides is 1. The van der Waals surface area contributed by atoms with E-state index in [0.29, 0.717) is 17.8 Å². The Labute approximate surface area is 222 Å². The number of nitrogens with zero attached hydrogens (tertiary/aromatic N) is 3. The maximum Gasteiger partial charge on any atom is 0.264 e. The quantitative estimate of drug-likeness (QED) is 0.230. The highest BCUT2D eigenvalue weighted by Crippen LogP contribution is 2.32. The third-order valence-corrected chi connectivity index (χ3v) is 8.12. The predicted octanol–water partition coefficient (Wildman–Crippen LogP) is 6.14. The molecule has 8 heteroatoms. The number of anilines is 1. The molecule has 0 amide bonds. The fourth-order valence-corrected chi connectivity index (χ4v) is 5.80. The van der Waals surface area contributed by atoms with Gasteiger partial charge in [-0.05, 0) is 74.0 Å². The summed E-state index contributed by atoms with van der Waals surface area (Å²) in [5, 5.41) is 0. The normalized spacial score (nSPS) is 11.4. The standard InChI is InChI=1S/C30H29N3O4S/c1-4-37-25-14-11-23(12-15-25)20-33(38(34,35)26-16-9-22(2)10-17-26)24-13-18-28-27(19-24)31-21-32(28)29-7-5-6-8-30(29)36-3/h5-19,21H,4,20H2,1-3H3. The topological polar surface area (TPSA) is 73.7 Å². The van der Waals surface area contributed by atoms with Gasteiger partial charge in [0.2, 0.25) is 0 Å². The fraction of sp³-hybridized carbons (Fsp3) is 0.167.